The number of hydrogen-bond donors (Lipinski definition) is 1. The van der Waals surface area contributed by atoms with Gasteiger partial charge in [-0.15, -0.1) is 0 Å². The van der Waals surface area contributed by atoms with Gasteiger partial charge in [0.15, 0.2) is 4.77 Å². The zero-order chi connectivity index (χ0) is 17.6. The number of rotatable bonds is 4. The van der Waals surface area contributed by atoms with E-state index in [-0.39, 0.29) is 11.9 Å². The summed E-state index contributed by atoms with van der Waals surface area (Å²) in [6.45, 7) is 0.392. The van der Waals surface area contributed by atoms with Crippen LogP contribution >= 0.6 is 39.7 Å². The zero-order valence-electron chi connectivity index (χ0n) is 12.7. The van der Waals surface area contributed by atoms with Crippen molar-refractivity contribution in [2.45, 2.75) is 18.2 Å². The van der Waals surface area contributed by atoms with E-state index in [1.807, 2.05) is 24.3 Å². The highest BCUT2D eigenvalue weighted by Crippen LogP contribution is 2.59. The third-order valence-electron chi connectivity index (χ3n) is 4.29. The van der Waals surface area contributed by atoms with Crippen molar-refractivity contribution in [2.24, 2.45) is 0 Å². The Morgan fingerprint density at radius 3 is 2.84 bits per heavy atom. The first kappa shape index (κ1) is 16.9. The molecule has 0 spiro atoms. The summed E-state index contributed by atoms with van der Waals surface area (Å²) in [5, 5.41) is 4.84. The molecule has 0 radical (unpaired) electrons. The Kier molecular flexibility index (Phi) is 4.27. The van der Waals surface area contributed by atoms with Gasteiger partial charge in [0, 0.05) is 10.6 Å². The van der Waals surface area contributed by atoms with Crippen LogP contribution in [0.15, 0.2) is 53.3 Å². The molecule has 1 fully saturated rings. The van der Waals surface area contributed by atoms with Gasteiger partial charge in [0.25, 0.3) is 0 Å². The van der Waals surface area contributed by atoms with Crippen molar-refractivity contribution in [3.8, 4) is 0 Å². The molecule has 0 unspecified atom stereocenters. The Labute approximate surface area is 161 Å². The minimum atomic E-state index is -0.714. The number of benzene rings is 2. The molecule has 2 aromatic carbocycles. The van der Waals surface area contributed by atoms with Gasteiger partial charge in [-0.2, -0.15) is 5.10 Å². The van der Waals surface area contributed by atoms with E-state index in [0.717, 1.165) is 11.1 Å². The maximum absolute atomic E-state index is 13.7. The molecule has 0 amide bonds. The van der Waals surface area contributed by atoms with Crippen molar-refractivity contribution < 1.29 is 9.13 Å². The summed E-state index contributed by atoms with van der Waals surface area (Å²) >= 11 is 14.8. The van der Waals surface area contributed by atoms with Crippen LogP contribution < -0.4 is 0 Å². The lowest BCUT2D eigenvalue weighted by atomic mass is 9.91. The van der Waals surface area contributed by atoms with Crippen molar-refractivity contribution >= 4 is 39.7 Å². The van der Waals surface area contributed by atoms with E-state index >= 15 is 0 Å². The summed E-state index contributed by atoms with van der Waals surface area (Å²) < 4.78 is 22.3. The third kappa shape index (κ3) is 2.95. The summed E-state index contributed by atoms with van der Waals surface area (Å²) in [7, 11) is 0. The molecule has 1 aliphatic heterocycles. The highest BCUT2D eigenvalue weighted by Gasteiger charge is 2.59. The number of epoxide rings is 1. The second kappa shape index (κ2) is 6.32. The molecule has 4 rings (SSSR count). The molecule has 0 saturated carbocycles. The number of ether oxygens (including phenoxy) is 1. The Hall–Kier alpha value is -1.54. The molecule has 1 aromatic heterocycles. The third-order valence-corrected chi connectivity index (χ3v) is 5.58. The average Bonchev–Trinajstić information content (AvgIpc) is 3.18. The van der Waals surface area contributed by atoms with Crippen LogP contribution in [0.5, 0.6) is 0 Å². The van der Waals surface area contributed by atoms with Crippen molar-refractivity contribution in [3.05, 3.63) is 80.0 Å². The van der Waals surface area contributed by atoms with Gasteiger partial charge in [-0.3, -0.25) is 0 Å². The number of aromatic nitrogens is 3. The van der Waals surface area contributed by atoms with E-state index in [4.69, 9.17) is 28.6 Å². The van der Waals surface area contributed by atoms with Crippen LogP contribution in [-0.2, 0) is 16.9 Å². The van der Waals surface area contributed by atoms with Crippen LogP contribution in [0.2, 0.25) is 5.02 Å². The second-order valence-corrected chi connectivity index (χ2v) is 7.44. The Morgan fingerprint density at radius 2 is 2.16 bits per heavy atom. The van der Waals surface area contributed by atoms with Crippen molar-refractivity contribution in [2.75, 3.05) is 0 Å². The fourth-order valence-electron chi connectivity index (χ4n) is 2.98. The van der Waals surface area contributed by atoms with Gasteiger partial charge < -0.3 is 9.72 Å². The maximum Gasteiger partial charge on any atom is 0.195 e. The van der Waals surface area contributed by atoms with Crippen LogP contribution in [0.3, 0.4) is 0 Å². The van der Waals surface area contributed by atoms with E-state index in [2.05, 4.69) is 26.0 Å². The van der Waals surface area contributed by atoms with Crippen molar-refractivity contribution in [1.82, 2.24) is 14.8 Å². The van der Waals surface area contributed by atoms with Gasteiger partial charge in [0.1, 0.15) is 23.8 Å². The quantitative estimate of drug-likeness (QED) is 0.450. The molecule has 128 valence electrons. The number of H-pyrrole nitrogens is 1. The van der Waals surface area contributed by atoms with Crippen LogP contribution in [0, 0.1) is 10.6 Å². The highest BCUT2D eigenvalue weighted by molar-refractivity contribution is 9.10. The normalized spacial score (nSPS) is 22.1. The van der Waals surface area contributed by atoms with Gasteiger partial charge in [-0.25, -0.2) is 9.07 Å². The van der Waals surface area contributed by atoms with Gasteiger partial charge in [-0.1, -0.05) is 35.9 Å². The van der Waals surface area contributed by atoms with Crippen molar-refractivity contribution in [1.29, 1.82) is 0 Å². The minimum Gasteiger partial charge on any atom is -0.354 e. The zero-order valence-corrected chi connectivity index (χ0v) is 15.9. The molecular formula is C17H12BrClFN3OS. The van der Waals surface area contributed by atoms with E-state index in [9.17, 15) is 4.39 Å². The highest BCUT2D eigenvalue weighted by atomic mass is 79.9. The molecule has 1 saturated heterocycles. The van der Waals surface area contributed by atoms with Gasteiger partial charge in [0.2, 0.25) is 0 Å². The van der Waals surface area contributed by atoms with Gasteiger partial charge >= 0.3 is 0 Å². The molecule has 0 bridgehead atoms. The summed E-state index contributed by atoms with van der Waals surface area (Å²) in [6, 6.07) is 12.4. The molecule has 1 N–H and O–H groups in total. The maximum atomic E-state index is 13.7. The van der Waals surface area contributed by atoms with E-state index in [1.54, 1.807) is 16.8 Å². The van der Waals surface area contributed by atoms with Crippen molar-refractivity contribution in [3.63, 3.8) is 0 Å². The van der Waals surface area contributed by atoms with Crippen LogP contribution in [-0.4, -0.2) is 14.8 Å². The summed E-state index contributed by atoms with van der Waals surface area (Å²) in [5.74, 6) is -0.328. The topological polar surface area (TPSA) is 46.1 Å². The molecule has 3 aromatic rings. The van der Waals surface area contributed by atoms with Gasteiger partial charge in [-0.05, 0) is 51.9 Å². The number of halogens is 3. The first-order valence-electron chi connectivity index (χ1n) is 7.49. The Balaban J connectivity index is 1.80. The standard InChI is InChI=1S/C17H12BrClFN3OS/c18-12-7-10(5-6-14(12)20)17(8-23-16(25)21-9-22-23)15(24-17)11-3-1-2-4-13(11)19/h1-7,9,15H,8H2,(H,21,22,25)/t15-,17-/m1/s1. The SMILES string of the molecule is Fc1ccc([C@@]2(Cn3nc[nH]c3=S)O[C@@H]2c2ccccc2Cl)cc1Br. The summed E-state index contributed by atoms with van der Waals surface area (Å²) in [4.78, 5) is 2.87. The largest absolute Gasteiger partial charge is 0.354 e. The Bertz CT molecular complexity index is 1010. The van der Waals surface area contributed by atoms with E-state index in [1.165, 1.54) is 12.4 Å². The molecular weight excluding hydrogens is 429 g/mol. The monoisotopic (exact) mass is 439 g/mol. The summed E-state index contributed by atoms with van der Waals surface area (Å²) in [6.07, 6.45) is 1.26. The Morgan fingerprint density at radius 1 is 1.36 bits per heavy atom. The average molecular weight is 441 g/mol. The molecule has 4 nitrogen and oxygen atoms in total. The fourth-order valence-corrected chi connectivity index (χ4v) is 3.76. The molecule has 2 heterocycles. The number of nitrogens with zero attached hydrogens (tertiary/aromatic N) is 2. The fraction of sp³-hybridized carbons (Fsp3) is 0.176. The second-order valence-electron chi connectivity index (χ2n) is 5.79. The number of nitrogens with one attached hydrogen (secondary N) is 1. The first-order valence-corrected chi connectivity index (χ1v) is 9.07. The van der Waals surface area contributed by atoms with E-state index < -0.39 is 5.60 Å². The smallest absolute Gasteiger partial charge is 0.195 e. The predicted molar refractivity (Wildman–Crippen MR) is 98.5 cm³/mol. The predicted octanol–water partition coefficient (Wildman–Crippen LogP) is 5.16. The number of hydrogen-bond acceptors (Lipinski definition) is 3. The summed E-state index contributed by atoms with van der Waals surface area (Å²) in [5.41, 5.74) is 0.997. The molecule has 8 heteroatoms. The minimum absolute atomic E-state index is 0.267. The van der Waals surface area contributed by atoms with Gasteiger partial charge in [0.05, 0.1) is 11.0 Å². The lowest BCUT2D eigenvalue weighted by molar-refractivity contribution is 0.261. The number of aromatic amines is 1. The molecule has 25 heavy (non-hydrogen) atoms. The lowest BCUT2D eigenvalue weighted by Crippen LogP contribution is -2.20. The first-order chi connectivity index (χ1) is 12.0. The van der Waals surface area contributed by atoms with E-state index in [0.29, 0.717) is 20.8 Å². The molecule has 1 aliphatic rings. The van der Waals surface area contributed by atoms with Crippen LogP contribution in [0.25, 0.3) is 0 Å². The van der Waals surface area contributed by atoms with Crippen LogP contribution in [0.1, 0.15) is 17.2 Å². The molecule has 2 atom stereocenters. The van der Waals surface area contributed by atoms with Crippen LogP contribution in [0.4, 0.5) is 4.39 Å². The molecule has 0 aliphatic carbocycles. The lowest BCUT2D eigenvalue weighted by Gasteiger charge is -2.15.